The molecule has 0 spiro atoms. The molecule has 1 aromatic carbocycles. The summed E-state index contributed by atoms with van der Waals surface area (Å²) in [6, 6.07) is 8.42. The van der Waals surface area contributed by atoms with Gasteiger partial charge < -0.3 is 5.73 Å². The van der Waals surface area contributed by atoms with E-state index in [-0.39, 0.29) is 0 Å². The van der Waals surface area contributed by atoms with Gasteiger partial charge in [-0.1, -0.05) is 13.0 Å². The van der Waals surface area contributed by atoms with Crippen molar-refractivity contribution in [2.45, 2.75) is 25.5 Å². The number of hydrogen-bond donors (Lipinski definition) is 1. The standard InChI is InChI=1S/C12H17N3O2S/c1-3-7-15(18(16,17)10(2)9-13)12-6-4-5-11(14)8-12/h4-6,8,10H,3,7,14H2,1-2H3. The first-order valence-corrected chi connectivity index (χ1v) is 7.20. The van der Waals surface area contributed by atoms with Crippen LogP contribution in [0.1, 0.15) is 20.3 Å². The Labute approximate surface area is 108 Å². The van der Waals surface area contributed by atoms with E-state index in [2.05, 4.69) is 0 Å². The molecule has 0 aromatic heterocycles. The van der Waals surface area contributed by atoms with Gasteiger partial charge in [-0.2, -0.15) is 5.26 Å². The van der Waals surface area contributed by atoms with Crippen molar-refractivity contribution >= 4 is 21.4 Å². The number of rotatable bonds is 5. The van der Waals surface area contributed by atoms with Crippen molar-refractivity contribution in [2.24, 2.45) is 0 Å². The predicted octanol–water partition coefficient (Wildman–Crippen LogP) is 1.73. The summed E-state index contributed by atoms with van der Waals surface area (Å²) in [5, 5.41) is 7.73. The van der Waals surface area contributed by atoms with E-state index >= 15 is 0 Å². The van der Waals surface area contributed by atoms with Crippen LogP contribution in [0.15, 0.2) is 24.3 Å². The first-order valence-electron chi connectivity index (χ1n) is 5.70. The summed E-state index contributed by atoms with van der Waals surface area (Å²) in [6.45, 7) is 3.59. The molecular formula is C12H17N3O2S. The second-order valence-corrected chi connectivity index (χ2v) is 6.16. The van der Waals surface area contributed by atoms with Crippen molar-refractivity contribution in [3.8, 4) is 6.07 Å². The van der Waals surface area contributed by atoms with Crippen molar-refractivity contribution in [2.75, 3.05) is 16.6 Å². The molecule has 98 valence electrons. The highest BCUT2D eigenvalue weighted by Gasteiger charge is 2.28. The molecule has 0 aliphatic heterocycles. The molecule has 2 N–H and O–H groups in total. The summed E-state index contributed by atoms with van der Waals surface area (Å²) < 4.78 is 25.7. The average Bonchev–Trinajstić information content (AvgIpc) is 2.34. The lowest BCUT2D eigenvalue weighted by molar-refractivity contribution is 0.586. The fourth-order valence-corrected chi connectivity index (χ4v) is 2.90. The lowest BCUT2D eigenvalue weighted by Gasteiger charge is -2.25. The van der Waals surface area contributed by atoms with Crippen LogP contribution in [0.2, 0.25) is 0 Å². The molecule has 0 radical (unpaired) electrons. The van der Waals surface area contributed by atoms with Gasteiger partial charge in [-0.15, -0.1) is 0 Å². The Balaban J connectivity index is 3.23. The van der Waals surface area contributed by atoms with Gasteiger partial charge in [-0.25, -0.2) is 8.42 Å². The van der Waals surface area contributed by atoms with E-state index in [9.17, 15) is 8.42 Å². The van der Waals surface area contributed by atoms with Crippen LogP contribution < -0.4 is 10.0 Å². The third-order valence-corrected chi connectivity index (χ3v) is 4.53. The zero-order valence-electron chi connectivity index (χ0n) is 10.5. The molecule has 0 fully saturated rings. The SMILES string of the molecule is CCCN(c1cccc(N)c1)S(=O)(=O)C(C)C#N. The van der Waals surface area contributed by atoms with Crippen LogP contribution in [0, 0.1) is 11.3 Å². The maximum absolute atomic E-state index is 12.2. The zero-order valence-corrected chi connectivity index (χ0v) is 11.3. The van der Waals surface area contributed by atoms with Crippen molar-refractivity contribution in [1.82, 2.24) is 0 Å². The Morgan fingerprint density at radius 1 is 1.50 bits per heavy atom. The minimum absolute atomic E-state index is 0.331. The summed E-state index contributed by atoms with van der Waals surface area (Å²) >= 11 is 0. The lowest BCUT2D eigenvalue weighted by atomic mass is 10.3. The van der Waals surface area contributed by atoms with Gasteiger partial charge in [-0.05, 0) is 31.5 Å². The van der Waals surface area contributed by atoms with Crippen molar-refractivity contribution < 1.29 is 8.42 Å². The molecule has 6 heteroatoms. The van der Waals surface area contributed by atoms with Gasteiger partial charge in [-0.3, -0.25) is 4.31 Å². The fourth-order valence-electron chi connectivity index (χ4n) is 1.54. The van der Waals surface area contributed by atoms with Gasteiger partial charge in [0.2, 0.25) is 0 Å². The number of nitrogens with two attached hydrogens (primary N) is 1. The van der Waals surface area contributed by atoms with Gasteiger partial charge in [0.05, 0.1) is 11.8 Å². The summed E-state index contributed by atoms with van der Waals surface area (Å²) in [7, 11) is -3.67. The second kappa shape index (κ2) is 5.74. The molecule has 5 nitrogen and oxygen atoms in total. The van der Waals surface area contributed by atoms with Crippen LogP contribution in [0.4, 0.5) is 11.4 Å². The molecule has 0 heterocycles. The topological polar surface area (TPSA) is 87.2 Å². The summed E-state index contributed by atoms with van der Waals surface area (Å²) in [5.74, 6) is 0. The number of nitriles is 1. The molecule has 18 heavy (non-hydrogen) atoms. The van der Waals surface area contributed by atoms with E-state index in [0.717, 1.165) is 0 Å². The molecule has 0 saturated heterocycles. The predicted molar refractivity (Wildman–Crippen MR) is 72.5 cm³/mol. The van der Waals surface area contributed by atoms with Gasteiger partial charge in [0, 0.05) is 12.2 Å². The first-order chi connectivity index (χ1) is 8.43. The van der Waals surface area contributed by atoms with Gasteiger partial charge in [0.25, 0.3) is 10.0 Å². The van der Waals surface area contributed by atoms with Crippen LogP contribution in [0.5, 0.6) is 0 Å². The Hall–Kier alpha value is -1.74. The molecule has 0 aliphatic carbocycles. The summed E-state index contributed by atoms with van der Waals surface area (Å²) in [4.78, 5) is 0. The number of hydrogen-bond acceptors (Lipinski definition) is 4. The highest BCUT2D eigenvalue weighted by Crippen LogP contribution is 2.23. The zero-order chi connectivity index (χ0) is 13.8. The van der Waals surface area contributed by atoms with Gasteiger partial charge in [0.1, 0.15) is 0 Å². The largest absolute Gasteiger partial charge is 0.399 e. The average molecular weight is 267 g/mol. The van der Waals surface area contributed by atoms with E-state index in [1.165, 1.54) is 11.2 Å². The number of sulfonamides is 1. The normalized spacial score (nSPS) is 12.7. The second-order valence-electron chi connectivity index (χ2n) is 3.98. The quantitative estimate of drug-likeness (QED) is 0.823. The van der Waals surface area contributed by atoms with Crippen LogP contribution >= 0.6 is 0 Å². The Bertz CT molecular complexity index is 549. The summed E-state index contributed by atoms with van der Waals surface area (Å²) in [5.41, 5.74) is 6.65. The molecule has 0 amide bonds. The van der Waals surface area contributed by atoms with E-state index in [1.54, 1.807) is 30.3 Å². The fraction of sp³-hybridized carbons (Fsp3) is 0.417. The van der Waals surface area contributed by atoms with Crippen LogP contribution in [-0.4, -0.2) is 20.2 Å². The van der Waals surface area contributed by atoms with E-state index in [4.69, 9.17) is 11.0 Å². The third-order valence-electron chi connectivity index (χ3n) is 2.52. The Kier molecular flexibility index (Phi) is 4.56. The smallest absolute Gasteiger partial charge is 0.251 e. The molecular weight excluding hydrogens is 250 g/mol. The number of anilines is 2. The summed E-state index contributed by atoms with van der Waals surface area (Å²) in [6.07, 6.45) is 0.659. The molecule has 0 bridgehead atoms. The van der Waals surface area contributed by atoms with Crippen molar-refractivity contribution in [1.29, 1.82) is 5.26 Å². The van der Waals surface area contributed by atoms with Crippen molar-refractivity contribution in [3.05, 3.63) is 24.3 Å². The lowest BCUT2D eigenvalue weighted by Crippen LogP contribution is -2.37. The maximum Gasteiger partial charge on any atom is 0.251 e. The minimum Gasteiger partial charge on any atom is -0.399 e. The third kappa shape index (κ3) is 2.93. The van der Waals surface area contributed by atoms with E-state index in [1.807, 2.05) is 6.92 Å². The van der Waals surface area contributed by atoms with Gasteiger partial charge in [0.15, 0.2) is 5.25 Å². The minimum atomic E-state index is -3.67. The first kappa shape index (κ1) is 14.3. The van der Waals surface area contributed by atoms with E-state index in [0.29, 0.717) is 24.3 Å². The monoisotopic (exact) mass is 267 g/mol. The number of benzene rings is 1. The highest BCUT2D eigenvalue weighted by molar-refractivity contribution is 7.93. The Morgan fingerprint density at radius 2 is 2.17 bits per heavy atom. The molecule has 1 aromatic rings. The van der Waals surface area contributed by atoms with Gasteiger partial charge >= 0.3 is 0 Å². The molecule has 0 saturated carbocycles. The maximum atomic E-state index is 12.2. The van der Waals surface area contributed by atoms with Crippen molar-refractivity contribution in [3.63, 3.8) is 0 Å². The molecule has 1 unspecified atom stereocenters. The van der Waals surface area contributed by atoms with Crippen LogP contribution in [-0.2, 0) is 10.0 Å². The molecule has 0 aliphatic rings. The molecule has 1 atom stereocenters. The van der Waals surface area contributed by atoms with E-state index < -0.39 is 15.3 Å². The molecule has 1 rings (SSSR count). The van der Waals surface area contributed by atoms with Crippen LogP contribution in [0.25, 0.3) is 0 Å². The number of nitrogen functional groups attached to an aromatic ring is 1. The Morgan fingerprint density at radius 3 is 2.67 bits per heavy atom. The highest BCUT2D eigenvalue weighted by atomic mass is 32.2. The van der Waals surface area contributed by atoms with Crippen LogP contribution in [0.3, 0.4) is 0 Å². The number of nitrogens with zero attached hydrogens (tertiary/aromatic N) is 2.